The maximum absolute atomic E-state index is 13.6. The van der Waals surface area contributed by atoms with E-state index < -0.39 is 63.7 Å². The average Bonchev–Trinajstić information content (AvgIpc) is 3.05. The molecule has 0 amide bonds. The molecule has 13 nitrogen and oxygen atoms in total. The minimum absolute atomic E-state index is 0. The summed E-state index contributed by atoms with van der Waals surface area (Å²) in [5.74, 6) is -11.1. The Morgan fingerprint density at radius 1 is 0.592 bits per heavy atom. The van der Waals surface area contributed by atoms with Crippen LogP contribution in [0.2, 0.25) is 0 Å². The number of aromatic carboxylic acids is 1. The Hall–Kier alpha value is -3.66. The van der Waals surface area contributed by atoms with Crippen LogP contribution in [0, 0.1) is 34.9 Å². The normalized spacial score (nSPS) is 9.20. The smallest absolute Gasteiger partial charge is 0.870 e. The number of rotatable bonds is 8. The molecule has 0 aromatic heterocycles. The summed E-state index contributed by atoms with van der Waals surface area (Å²) in [6.45, 7) is 1.93. The molecular weight excluding hydrogens is 707 g/mol. The molecule has 0 aliphatic carbocycles. The zero-order chi connectivity index (χ0) is 36.6. The van der Waals surface area contributed by atoms with E-state index in [-0.39, 0.29) is 98.0 Å². The molecule has 3 aromatic carbocycles. The van der Waals surface area contributed by atoms with Crippen LogP contribution >= 0.6 is 0 Å². The number of carbonyl (C=O) groups is 2. The Kier molecular flexibility index (Phi) is 24.8. The SMILES string of the molecule is CCO.COC(=O)c1c(F)c(OC)cc(OC)c1F.COc1cc(OC)c(F)c(C(=O)O)c1F.COc1cc(OC)c(F)c(N)c1F.[K+].[OH-]. The Morgan fingerprint density at radius 2 is 0.816 bits per heavy atom. The molecule has 0 fully saturated rings. The van der Waals surface area contributed by atoms with E-state index in [4.69, 9.17) is 15.9 Å². The summed E-state index contributed by atoms with van der Waals surface area (Å²) in [6.07, 6.45) is 0. The van der Waals surface area contributed by atoms with Gasteiger partial charge in [-0.15, -0.1) is 0 Å². The molecule has 3 rings (SSSR count). The number of aliphatic hydroxyl groups is 1. The molecule has 5 N–H and O–H groups in total. The summed E-state index contributed by atoms with van der Waals surface area (Å²) >= 11 is 0. The van der Waals surface area contributed by atoms with Gasteiger partial charge in [-0.05, 0) is 6.92 Å². The van der Waals surface area contributed by atoms with Crippen molar-refractivity contribution in [2.24, 2.45) is 0 Å². The third-order valence-electron chi connectivity index (χ3n) is 5.36. The third-order valence-corrected chi connectivity index (χ3v) is 5.36. The van der Waals surface area contributed by atoms with Gasteiger partial charge >= 0.3 is 63.3 Å². The number of anilines is 1. The fraction of sp³-hybridized carbons (Fsp3) is 0.310. The van der Waals surface area contributed by atoms with E-state index in [0.29, 0.717) is 0 Å². The Balaban J connectivity index is -0.000000612. The van der Waals surface area contributed by atoms with Crippen molar-refractivity contribution >= 4 is 17.6 Å². The molecule has 20 heteroatoms. The fourth-order valence-corrected chi connectivity index (χ4v) is 3.14. The number of carbonyl (C=O) groups excluding carboxylic acids is 1. The van der Waals surface area contributed by atoms with Gasteiger partial charge in [-0.25, -0.2) is 35.9 Å². The van der Waals surface area contributed by atoms with Gasteiger partial charge in [0.05, 0.1) is 49.8 Å². The van der Waals surface area contributed by atoms with Crippen molar-refractivity contribution in [3.05, 3.63) is 64.2 Å². The zero-order valence-electron chi connectivity index (χ0n) is 27.8. The first-order valence-electron chi connectivity index (χ1n) is 12.6. The molecule has 0 saturated carbocycles. The van der Waals surface area contributed by atoms with Crippen LogP contribution in [0.1, 0.15) is 27.6 Å². The van der Waals surface area contributed by atoms with Crippen molar-refractivity contribution < 1.29 is 136 Å². The van der Waals surface area contributed by atoms with Crippen LogP contribution in [-0.4, -0.2) is 84.0 Å². The van der Waals surface area contributed by atoms with Gasteiger partial charge in [0.2, 0.25) is 0 Å². The van der Waals surface area contributed by atoms with Crippen molar-refractivity contribution in [1.29, 1.82) is 0 Å². The molecule has 0 spiro atoms. The molecule has 0 unspecified atom stereocenters. The van der Waals surface area contributed by atoms with Crippen LogP contribution < -0.4 is 85.5 Å². The first-order valence-corrected chi connectivity index (χ1v) is 12.6. The van der Waals surface area contributed by atoms with E-state index in [2.05, 4.69) is 33.2 Å². The molecule has 3 aromatic rings. The summed E-state index contributed by atoms with van der Waals surface area (Å²) < 4.78 is 112. The predicted molar refractivity (Wildman–Crippen MR) is 156 cm³/mol. The molecule has 0 heterocycles. The third kappa shape index (κ3) is 12.9. The van der Waals surface area contributed by atoms with Gasteiger partial charge < -0.3 is 54.6 Å². The van der Waals surface area contributed by atoms with Crippen LogP contribution in [0.25, 0.3) is 0 Å². The number of benzene rings is 3. The van der Waals surface area contributed by atoms with E-state index >= 15 is 0 Å². The Morgan fingerprint density at radius 3 is 1.02 bits per heavy atom. The van der Waals surface area contributed by atoms with Crippen molar-refractivity contribution in [1.82, 2.24) is 0 Å². The molecule has 49 heavy (non-hydrogen) atoms. The molecule has 0 bridgehead atoms. The fourth-order valence-electron chi connectivity index (χ4n) is 3.14. The monoisotopic (exact) mass is 741 g/mol. The summed E-state index contributed by atoms with van der Waals surface area (Å²) in [7, 11) is 8.20. The Labute approximate surface area is 319 Å². The van der Waals surface area contributed by atoms with Crippen molar-refractivity contribution in [2.75, 3.05) is 62.1 Å². The van der Waals surface area contributed by atoms with E-state index in [9.17, 15) is 35.9 Å². The number of esters is 1. The number of hydrogen-bond acceptors (Lipinski definition) is 12. The predicted octanol–water partition coefficient (Wildman–Crippen LogP) is 1.84. The van der Waals surface area contributed by atoms with Gasteiger partial charge in [0.15, 0.2) is 69.4 Å². The van der Waals surface area contributed by atoms with Gasteiger partial charge in [-0.2, -0.15) is 0 Å². The standard InChI is InChI=1S/C10H10F2O4.C9H8F2O4.C8H9F2NO2.C2H6O.K.H2O/c1-14-5-4-6(15-2)9(12)7(8(5)11)10(13)16-3;1-14-4-3-5(15-2)8(11)6(7(4)10)9(12)13;1-12-4-3-5(13-2)7(10)8(11)6(4)9;1-2-3;;/h4H,1-3H3;3H,1-2H3,(H,12,13);3H,11H2,1-2H3;3H,2H2,1H3;;1H2/q;;;;+1;/p-1. The number of hydrogen-bond donors (Lipinski definition) is 3. The largest absolute Gasteiger partial charge is 1.00 e. The topological polar surface area (TPSA) is 195 Å². The minimum atomic E-state index is -1.72. The Bertz CT molecular complexity index is 1450. The maximum Gasteiger partial charge on any atom is 1.00 e. The van der Waals surface area contributed by atoms with Crippen LogP contribution in [0.5, 0.6) is 34.5 Å². The minimum Gasteiger partial charge on any atom is -0.870 e. The van der Waals surface area contributed by atoms with Crippen molar-refractivity contribution in [3.8, 4) is 34.5 Å². The number of nitrogen functional groups attached to an aromatic ring is 1. The number of aliphatic hydroxyl groups excluding tert-OH is 1. The van der Waals surface area contributed by atoms with Gasteiger partial charge in [0.1, 0.15) is 16.8 Å². The second-order valence-electron chi connectivity index (χ2n) is 8.00. The molecule has 270 valence electrons. The molecule has 0 aliphatic rings. The number of carboxylic acids is 1. The van der Waals surface area contributed by atoms with Gasteiger partial charge in [0.25, 0.3) is 0 Å². The second kappa shape index (κ2) is 24.5. The van der Waals surface area contributed by atoms with E-state index in [0.717, 1.165) is 39.5 Å². The van der Waals surface area contributed by atoms with Crippen LogP contribution in [-0.2, 0) is 4.74 Å². The molecule has 0 aliphatic heterocycles. The molecule has 0 radical (unpaired) electrons. The molecule has 0 atom stereocenters. The van der Waals surface area contributed by atoms with E-state index in [1.165, 1.54) is 28.4 Å². The summed E-state index contributed by atoms with van der Waals surface area (Å²) in [5.41, 5.74) is 2.60. The van der Waals surface area contributed by atoms with Gasteiger partial charge in [0, 0.05) is 24.8 Å². The number of carboxylic acid groups (broad SMARTS) is 1. The second-order valence-corrected chi connectivity index (χ2v) is 8.00. The maximum atomic E-state index is 13.6. The van der Waals surface area contributed by atoms with Crippen molar-refractivity contribution in [2.45, 2.75) is 6.92 Å². The number of nitrogens with two attached hydrogens (primary N) is 1. The number of ether oxygens (including phenoxy) is 7. The van der Waals surface area contributed by atoms with Crippen LogP contribution in [0.4, 0.5) is 32.0 Å². The number of methoxy groups -OCH3 is 7. The quantitative estimate of drug-likeness (QED) is 0.131. The molecule has 0 saturated heterocycles. The van der Waals surface area contributed by atoms with E-state index in [1.807, 2.05) is 0 Å². The zero-order valence-corrected chi connectivity index (χ0v) is 30.9. The van der Waals surface area contributed by atoms with Crippen LogP contribution in [0.15, 0.2) is 18.2 Å². The molecular formula is C29H34F6KNO12. The average molecular weight is 742 g/mol. The first-order chi connectivity index (χ1) is 22.1. The number of halogens is 6. The summed E-state index contributed by atoms with van der Waals surface area (Å²) in [5, 5.41) is 16.2. The van der Waals surface area contributed by atoms with Gasteiger partial charge in [-0.1, -0.05) is 0 Å². The van der Waals surface area contributed by atoms with Crippen molar-refractivity contribution in [3.63, 3.8) is 0 Å². The van der Waals surface area contributed by atoms with Crippen LogP contribution in [0.3, 0.4) is 0 Å². The summed E-state index contributed by atoms with van der Waals surface area (Å²) in [6, 6.07) is 3.05. The summed E-state index contributed by atoms with van der Waals surface area (Å²) in [4.78, 5) is 21.8. The van der Waals surface area contributed by atoms with E-state index in [1.54, 1.807) is 6.92 Å². The first kappa shape index (κ1) is 49.7. The van der Waals surface area contributed by atoms with Gasteiger partial charge in [-0.3, -0.25) is 0 Å².